The van der Waals surface area contributed by atoms with Gasteiger partial charge in [-0.15, -0.1) is 5.10 Å². The molecule has 1 amide bonds. The minimum atomic E-state index is -0.648. The van der Waals surface area contributed by atoms with Crippen LogP contribution in [-0.2, 0) is 9.47 Å². The van der Waals surface area contributed by atoms with Crippen LogP contribution in [0.15, 0.2) is 5.10 Å². The van der Waals surface area contributed by atoms with Gasteiger partial charge in [0.1, 0.15) is 0 Å². The summed E-state index contributed by atoms with van der Waals surface area (Å²) in [6.45, 7) is 4.39. The lowest BCUT2D eigenvalue weighted by molar-refractivity contribution is 0.152. The van der Waals surface area contributed by atoms with Gasteiger partial charge in [-0.1, -0.05) is 6.92 Å². The van der Waals surface area contributed by atoms with Crippen molar-refractivity contribution in [3.8, 4) is 0 Å². The summed E-state index contributed by atoms with van der Waals surface area (Å²) in [6, 6.07) is -0.0742. The van der Waals surface area contributed by atoms with Gasteiger partial charge in [-0.05, 0) is 13.3 Å². The molecule has 0 rings (SSSR count). The Labute approximate surface area is 77.1 Å². The topological polar surface area (TPSA) is 85.9 Å². The number of hydrazone groups is 1. The SMILES string of the molecule is CCCOC(N)=NNC(=O)OCC. The van der Waals surface area contributed by atoms with E-state index in [1.165, 1.54) is 0 Å². The minimum absolute atomic E-state index is 0.0742. The molecule has 0 saturated heterocycles. The number of rotatable bonds is 4. The molecule has 0 fully saturated rings. The van der Waals surface area contributed by atoms with Crippen LogP contribution in [-0.4, -0.2) is 25.3 Å². The molecule has 76 valence electrons. The Bertz CT molecular complexity index is 182. The van der Waals surface area contributed by atoms with Crippen molar-refractivity contribution in [3.63, 3.8) is 0 Å². The summed E-state index contributed by atoms with van der Waals surface area (Å²) in [5, 5.41) is 3.43. The van der Waals surface area contributed by atoms with Crippen LogP contribution in [0.4, 0.5) is 4.79 Å². The summed E-state index contributed by atoms with van der Waals surface area (Å²) < 4.78 is 9.41. The van der Waals surface area contributed by atoms with E-state index in [2.05, 4.69) is 15.3 Å². The summed E-state index contributed by atoms with van der Waals surface area (Å²) in [5.74, 6) is 0. The molecule has 0 aromatic rings. The number of hydrogen-bond acceptors (Lipinski definition) is 4. The largest absolute Gasteiger partial charge is 0.464 e. The van der Waals surface area contributed by atoms with Crippen molar-refractivity contribution in [3.05, 3.63) is 0 Å². The highest BCUT2D eigenvalue weighted by Crippen LogP contribution is 1.80. The maximum Gasteiger partial charge on any atom is 0.427 e. The first-order valence-electron chi connectivity index (χ1n) is 4.09. The molecule has 0 saturated carbocycles. The van der Waals surface area contributed by atoms with Gasteiger partial charge in [-0.3, -0.25) is 0 Å². The molecule has 0 aromatic carbocycles. The third kappa shape index (κ3) is 6.92. The van der Waals surface area contributed by atoms with E-state index < -0.39 is 6.09 Å². The fraction of sp³-hybridized carbons (Fsp3) is 0.714. The van der Waals surface area contributed by atoms with E-state index in [0.29, 0.717) is 6.61 Å². The van der Waals surface area contributed by atoms with Gasteiger partial charge in [-0.2, -0.15) is 0 Å². The van der Waals surface area contributed by atoms with E-state index in [-0.39, 0.29) is 12.6 Å². The van der Waals surface area contributed by atoms with Crippen molar-refractivity contribution in [2.45, 2.75) is 20.3 Å². The molecule has 0 heterocycles. The Kier molecular flexibility index (Phi) is 6.39. The van der Waals surface area contributed by atoms with Crippen molar-refractivity contribution >= 4 is 12.1 Å². The number of carbonyl (C=O) groups excluding carboxylic acids is 1. The van der Waals surface area contributed by atoms with Gasteiger partial charge in [0, 0.05) is 0 Å². The predicted octanol–water partition coefficient (Wildman–Crippen LogP) is 0.389. The van der Waals surface area contributed by atoms with Gasteiger partial charge in [-0.25, -0.2) is 10.2 Å². The van der Waals surface area contributed by atoms with Crippen molar-refractivity contribution in [2.24, 2.45) is 10.8 Å². The lowest BCUT2D eigenvalue weighted by Crippen LogP contribution is -2.25. The van der Waals surface area contributed by atoms with Crippen LogP contribution < -0.4 is 11.2 Å². The van der Waals surface area contributed by atoms with Crippen LogP contribution in [0.3, 0.4) is 0 Å². The van der Waals surface area contributed by atoms with Gasteiger partial charge >= 0.3 is 12.1 Å². The van der Waals surface area contributed by atoms with E-state index in [1.807, 2.05) is 6.92 Å². The third-order valence-corrected chi connectivity index (χ3v) is 0.987. The number of ether oxygens (including phenoxy) is 2. The van der Waals surface area contributed by atoms with Crippen LogP contribution in [0.5, 0.6) is 0 Å². The van der Waals surface area contributed by atoms with Crippen molar-refractivity contribution < 1.29 is 14.3 Å². The molecule has 6 heteroatoms. The molecule has 0 aromatic heterocycles. The van der Waals surface area contributed by atoms with Gasteiger partial charge in [0.2, 0.25) is 0 Å². The highest BCUT2D eigenvalue weighted by atomic mass is 16.6. The van der Waals surface area contributed by atoms with Gasteiger partial charge < -0.3 is 15.2 Å². The summed E-state index contributed by atoms with van der Waals surface area (Å²) >= 11 is 0. The Balaban J connectivity index is 3.62. The van der Waals surface area contributed by atoms with Crippen molar-refractivity contribution in [1.29, 1.82) is 0 Å². The molecule has 0 aliphatic carbocycles. The Morgan fingerprint density at radius 1 is 1.46 bits per heavy atom. The first-order valence-corrected chi connectivity index (χ1v) is 4.09. The molecular formula is C7H15N3O3. The predicted molar refractivity (Wildman–Crippen MR) is 48.0 cm³/mol. The molecular weight excluding hydrogens is 174 g/mol. The van der Waals surface area contributed by atoms with Crippen LogP contribution in [0.25, 0.3) is 0 Å². The zero-order valence-electron chi connectivity index (χ0n) is 7.87. The highest BCUT2D eigenvalue weighted by Gasteiger charge is 1.98. The number of hydrogen-bond donors (Lipinski definition) is 2. The minimum Gasteiger partial charge on any atom is -0.464 e. The number of amidine groups is 1. The molecule has 0 aliphatic rings. The van der Waals surface area contributed by atoms with E-state index >= 15 is 0 Å². The third-order valence-electron chi connectivity index (χ3n) is 0.987. The molecule has 0 unspecified atom stereocenters. The van der Waals surface area contributed by atoms with E-state index in [1.54, 1.807) is 6.92 Å². The first-order chi connectivity index (χ1) is 6.20. The monoisotopic (exact) mass is 189 g/mol. The Hall–Kier alpha value is -1.46. The number of nitrogens with two attached hydrogens (primary N) is 1. The average molecular weight is 189 g/mol. The van der Waals surface area contributed by atoms with E-state index in [4.69, 9.17) is 10.5 Å². The molecule has 0 spiro atoms. The maximum atomic E-state index is 10.7. The second kappa shape index (κ2) is 7.20. The van der Waals surface area contributed by atoms with Crippen molar-refractivity contribution in [1.82, 2.24) is 5.43 Å². The molecule has 0 radical (unpaired) electrons. The molecule has 13 heavy (non-hydrogen) atoms. The van der Waals surface area contributed by atoms with Gasteiger partial charge in [0.15, 0.2) is 0 Å². The first kappa shape index (κ1) is 11.5. The standard InChI is InChI=1S/C7H15N3O3/c1-3-5-13-6(8)9-10-7(11)12-4-2/h3-5H2,1-2H3,(H2,8,9)(H,10,11). The van der Waals surface area contributed by atoms with E-state index in [9.17, 15) is 4.79 Å². The average Bonchev–Trinajstić information content (AvgIpc) is 2.12. The fourth-order valence-corrected chi connectivity index (χ4v) is 0.503. The van der Waals surface area contributed by atoms with E-state index in [0.717, 1.165) is 6.42 Å². The molecule has 0 bridgehead atoms. The summed E-state index contributed by atoms with van der Waals surface area (Å²) in [4.78, 5) is 10.7. The van der Waals surface area contributed by atoms with Crippen molar-refractivity contribution in [2.75, 3.05) is 13.2 Å². The lowest BCUT2D eigenvalue weighted by Gasteiger charge is -2.03. The van der Waals surface area contributed by atoms with Crippen LogP contribution in [0, 0.1) is 0 Å². The fourth-order valence-electron chi connectivity index (χ4n) is 0.503. The maximum absolute atomic E-state index is 10.7. The molecule has 3 N–H and O–H groups in total. The van der Waals surface area contributed by atoms with Crippen LogP contribution in [0.2, 0.25) is 0 Å². The lowest BCUT2D eigenvalue weighted by atomic mass is 10.5. The second-order valence-corrected chi connectivity index (χ2v) is 2.13. The quantitative estimate of drug-likeness (QED) is 0.380. The Morgan fingerprint density at radius 3 is 2.69 bits per heavy atom. The number of amides is 1. The molecule has 0 atom stereocenters. The second-order valence-electron chi connectivity index (χ2n) is 2.13. The molecule has 0 aliphatic heterocycles. The summed E-state index contributed by atoms with van der Waals surface area (Å²) in [5.41, 5.74) is 7.33. The number of nitrogens with one attached hydrogen (secondary N) is 1. The van der Waals surface area contributed by atoms with Crippen LogP contribution in [0.1, 0.15) is 20.3 Å². The normalized spacial score (nSPS) is 10.8. The van der Waals surface area contributed by atoms with Gasteiger partial charge in [0.05, 0.1) is 13.2 Å². The summed E-state index contributed by atoms with van der Waals surface area (Å²) in [7, 11) is 0. The molecule has 6 nitrogen and oxygen atoms in total. The zero-order chi connectivity index (χ0) is 10.1. The Morgan fingerprint density at radius 2 is 2.15 bits per heavy atom. The highest BCUT2D eigenvalue weighted by molar-refractivity contribution is 5.74. The van der Waals surface area contributed by atoms with Gasteiger partial charge in [0.25, 0.3) is 0 Å². The zero-order valence-corrected chi connectivity index (χ0v) is 7.87. The van der Waals surface area contributed by atoms with Crippen LogP contribution >= 0.6 is 0 Å². The summed E-state index contributed by atoms with van der Waals surface area (Å²) in [6.07, 6.45) is 0.181. The number of carbonyl (C=O) groups is 1. The number of nitrogens with zero attached hydrogens (tertiary/aromatic N) is 1. The smallest absolute Gasteiger partial charge is 0.427 e.